The minimum atomic E-state index is 0.00317. The van der Waals surface area contributed by atoms with Gasteiger partial charge in [-0.1, -0.05) is 67.8 Å². The minimum absolute atomic E-state index is 0.00317. The summed E-state index contributed by atoms with van der Waals surface area (Å²) >= 11 is 0. The molecule has 0 bridgehead atoms. The van der Waals surface area contributed by atoms with Gasteiger partial charge in [-0.3, -0.25) is 0 Å². The van der Waals surface area contributed by atoms with Gasteiger partial charge in [0.05, 0.1) is 0 Å². The number of urea groups is 1. The van der Waals surface area contributed by atoms with Crippen LogP contribution >= 0.6 is 0 Å². The van der Waals surface area contributed by atoms with Crippen LogP contribution in [-0.4, -0.2) is 44.6 Å². The van der Waals surface area contributed by atoms with Crippen LogP contribution < -0.4 is 5.32 Å². The lowest BCUT2D eigenvalue weighted by molar-refractivity contribution is 0.198. The Morgan fingerprint density at radius 1 is 1.07 bits per heavy atom. The fourth-order valence-corrected chi connectivity index (χ4v) is 3.87. The highest BCUT2D eigenvalue weighted by Crippen LogP contribution is 2.29. The second-order valence-corrected chi connectivity index (χ2v) is 7.62. The van der Waals surface area contributed by atoms with E-state index in [0.29, 0.717) is 18.4 Å². The molecule has 1 fully saturated rings. The zero-order chi connectivity index (χ0) is 20.1. The molecule has 0 atom stereocenters. The van der Waals surface area contributed by atoms with E-state index < -0.39 is 0 Å². The van der Waals surface area contributed by atoms with Gasteiger partial charge >= 0.3 is 6.03 Å². The third kappa shape index (κ3) is 4.62. The number of aromatic nitrogens is 4. The molecule has 0 radical (unpaired) electrons. The van der Waals surface area contributed by atoms with E-state index in [1.807, 2.05) is 31.3 Å². The predicted octanol–water partition coefficient (Wildman–Crippen LogP) is 4.01. The average Bonchev–Trinajstić information content (AvgIpc) is 3.30. The summed E-state index contributed by atoms with van der Waals surface area (Å²) in [5, 5.41) is 17.5. The maximum Gasteiger partial charge on any atom is 0.317 e. The second kappa shape index (κ2) is 8.86. The Labute approximate surface area is 170 Å². The molecular weight excluding hydrogens is 364 g/mol. The predicted molar refractivity (Wildman–Crippen MR) is 112 cm³/mol. The number of carbonyl (C=O) groups is 1. The topological polar surface area (TPSA) is 86.8 Å². The van der Waals surface area contributed by atoms with Crippen molar-refractivity contribution in [1.82, 2.24) is 30.8 Å². The maximum atomic E-state index is 12.5. The summed E-state index contributed by atoms with van der Waals surface area (Å²) in [5.74, 6) is 0.573. The van der Waals surface area contributed by atoms with E-state index in [2.05, 4.69) is 50.2 Å². The third-order valence-electron chi connectivity index (χ3n) is 5.48. The van der Waals surface area contributed by atoms with Gasteiger partial charge in [0.15, 0.2) is 0 Å². The van der Waals surface area contributed by atoms with Crippen molar-refractivity contribution in [3.8, 4) is 22.5 Å². The number of hydrogen-bond acceptors (Lipinski definition) is 4. The van der Waals surface area contributed by atoms with Gasteiger partial charge in [-0.2, -0.15) is 5.21 Å². The fourth-order valence-electron chi connectivity index (χ4n) is 3.87. The van der Waals surface area contributed by atoms with Crippen molar-refractivity contribution in [3.05, 3.63) is 54.1 Å². The molecule has 4 rings (SSSR count). The first-order valence-electron chi connectivity index (χ1n) is 10.1. The molecule has 0 unspecified atom stereocenters. The first-order valence-corrected chi connectivity index (χ1v) is 10.1. The van der Waals surface area contributed by atoms with Gasteiger partial charge in [0.25, 0.3) is 0 Å². The highest BCUT2D eigenvalue weighted by molar-refractivity contribution is 5.80. The number of rotatable bonds is 5. The molecule has 29 heavy (non-hydrogen) atoms. The summed E-state index contributed by atoms with van der Waals surface area (Å²) in [6, 6.07) is 16.6. The number of benzene rings is 2. The van der Waals surface area contributed by atoms with Crippen molar-refractivity contribution in [1.29, 1.82) is 0 Å². The van der Waals surface area contributed by atoms with Gasteiger partial charge in [-0.05, 0) is 34.7 Å². The molecule has 1 heterocycles. The SMILES string of the molecule is CN(Cc1ccc(-c2ccccc2-c2nn[nH]n2)cc1)C(=O)NC1CCCCC1. The van der Waals surface area contributed by atoms with Crippen LogP contribution in [0.15, 0.2) is 48.5 Å². The van der Waals surface area contributed by atoms with Crippen molar-refractivity contribution in [2.24, 2.45) is 0 Å². The molecule has 1 aromatic heterocycles. The molecule has 7 heteroatoms. The number of tetrazole rings is 1. The van der Waals surface area contributed by atoms with E-state index in [0.717, 1.165) is 35.1 Å². The van der Waals surface area contributed by atoms with Crippen LogP contribution in [0.3, 0.4) is 0 Å². The molecule has 2 aromatic carbocycles. The second-order valence-electron chi connectivity index (χ2n) is 7.62. The quantitative estimate of drug-likeness (QED) is 0.689. The third-order valence-corrected chi connectivity index (χ3v) is 5.48. The number of aromatic amines is 1. The van der Waals surface area contributed by atoms with Crippen LogP contribution in [0.25, 0.3) is 22.5 Å². The highest BCUT2D eigenvalue weighted by atomic mass is 16.2. The molecule has 2 amide bonds. The van der Waals surface area contributed by atoms with Gasteiger partial charge in [0.1, 0.15) is 0 Å². The number of carbonyl (C=O) groups excluding carboxylic acids is 1. The number of amides is 2. The van der Waals surface area contributed by atoms with Gasteiger partial charge < -0.3 is 10.2 Å². The normalized spacial score (nSPS) is 14.5. The minimum Gasteiger partial charge on any atom is -0.335 e. The average molecular weight is 390 g/mol. The summed E-state index contributed by atoms with van der Waals surface area (Å²) in [5.41, 5.74) is 4.14. The molecular formula is C22H26N6O. The molecule has 1 saturated carbocycles. The molecule has 3 aromatic rings. The van der Waals surface area contributed by atoms with Gasteiger partial charge in [0.2, 0.25) is 5.82 Å². The van der Waals surface area contributed by atoms with Crippen LogP contribution in [0.4, 0.5) is 4.79 Å². The lowest BCUT2D eigenvalue weighted by Gasteiger charge is -2.26. The Morgan fingerprint density at radius 3 is 2.48 bits per heavy atom. The molecule has 0 spiro atoms. The van der Waals surface area contributed by atoms with E-state index in [9.17, 15) is 4.79 Å². The smallest absolute Gasteiger partial charge is 0.317 e. The molecule has 2 N–H and O–H groups in total. The number of nitrogens with one attached hydrogen (secondary N) is 2. The zero-order valence-corrected chi connectivity index (χ0v) is 16.6. The Morgan fingerprint density at radius 2 is 1.79 bits per heavy atom. The fraction of sp³-hybridized carbons (Fsp3) is 0.364. The van der Waals surface area contributed by atoms with Gasteiger partial charge in [-0.15, -0.1) is 10.2 Å². The Hall–Kier alpha value is -3.22. The molecule has 150 valence electrons. The highest BCUT2D eigenvalue weighted by Gasteiger charge is 2.18. The number of nitrogens with zero attached hydrogens (tertiary/aromatic N) is 4. The van der Waals surface area contributed by atoms with Crippen molar-refractivity contribution >= 4 is 6.03 Å². The summed E-state index contributed by atoms with van der Waals surface area (Å²) < 4.78 is 0. The van der Waals surface area contributed by atoms with Gasteiger partial charge in [0, 0.05) is 25.2 Å². The van der Waals surface area contributed by atoms with Gasteiger partial charge in [-0.25, -0.2) is 4.79 Å². The lowest BCUT2D eigenvalue weighted by atomic mass is 9.96. The summed E-state index contributed by atoms with van der Waals surface area (Å²) in [4.78, 5) is 14.2. The Kier molecular flexibility index (Phi) is 5.84. The molecule has 0 saturated heterocycles. The number of hydrogen-bond donors (Lipinski definition) is 2. The Bertz CT molecular complexity index is 932. The first-order chi connectivity index (χ1) is 14.2. The van der Waals surface area contributed by atoms with E-state index in [4.69, 9.17) is 0 Å². The standard InChI is InChI=1S/C22H26N6O/c1-28(22(29)23-18-7-3-2-4-8-18)15-16-11-13-17(14-12-16)19-9-5-6-10-20(19)21-24-26-27-25-21/h5-6,9-14,18H,2-4,7-8,15H2,1H3,(H,23,29)(H,24,25,26,27). The van der Waals surface area contributed by atoms with E-state index in [1.54, 1.807) is 4.90 Å². The maximum absolute atomic E-state index is 12.5. The van der Waals surface area contributed by atoms with E-state index >= 15 is 0 Å². The largest absolute Gasteiger partial charge is 0.335 e. The molecule has 1 aliphatic carbocycles. The van der Waals surface area contributed by atoms with Crippen molar-refractivity contribution < 1.29 is 4.79 Å². The number of H-pyrrole nitrogens is 1. The molecule has 1 aliphatic rings. The van der Waals surface area contributed by atoms with Crippen molar-refractivity contribution in [2.75, 3.05) is 7.05 Å². The van der Waals surface area contributed by atoms with Crippen molar-refractivity contribution in [2.45, 2.75) is 44.7 Å². The first kappa shape index (κ1) is 19.1. The monoisotopic (exact) mass is 390 g/mol. The lowest BCUT2D eigenvalue weighted by Crippen LogP contribution is -2.43. The van der Waals surface area contributed by atoms with Crippen LogP contribution in [0, 0.1) is 0 Å². The molecule has 0 aliphatic heterocycles. The van der Waals surface area contributed by atoms with Crippen molar-refractivity contribution in [3.63, 3.8) is 0 Å². The summed E-state index contributed by atoms with van der Waals surface area (Å²) in [6.07, 6.45) is 5.88. The zero-order valence-electron chi connectivity index (χ0n) is 16.6. The van der Waals surface area contributed by atoms with E-state index in [1.165, 1.54) is 19.3 Å². The van der Waals surface area contributed by atoms with Crippen LogP contribution in [0.2, 0.25) is 0 Å². The Balaban J connectivity index is 1.43. The van der Waals surface area contributed by atoms with Crippen LogP contribution in [-0.2, 0) is 6.54 Å². The summed E-state index contributed by atoms with van der Waals surface area (Å²) in [7, 11) is 1.84. The molecule has 7 nitrogen and oxygen atoms in total. The van der Waals surface area contributed by atoms with E-state index in [-0.39, 0.29) is 6.03 Å². The van der Waals surface area contributed by atoms with Crippen LogP contribution in [0.1, 0.15) is 37.7 Å². The van der Waals surface area contributed by atoms with Crippen LogP contribution in [0.5, 0.6) is 0 Å². The summed E-state index contributed by atoms with van der Waals surface area (Å²) in [6.45, 7) is 0.575.